The molecule has 5 rings (SSSR count). The van der Waals surface area contributed by atoms with Crippen molar-refractivity contribution in [3.63, 3.8) is 0 Å². The molecule has 0 unspecified atom stereocenters. The lowest BCUT2D eigenvalue weighted by Gasteiger charge is -2.36. The first-order valence-electron chi connectivity index (χ1n) is 11.5. The standard InChI is InChI=1S/C29H23FN2O3/c1-2-35-28(34)29(18-31)24-17-14-19-8-6-7-11-23(19)32(24)26(27(33)21-9-4-3-5-10-21)25(29)20-12-15-22(30)16-13-20/h3-17,24-26H,2H2,1H3/t24-,25+,26+,29+/m1/s1. The molecule has 2 heterocycles. The molecule has 0 aromatic heterocycles. The van der Waals surface area contributed by atoms with Crippen molar-refractivity contribution >= 4 is 23.5 Å². The van der Waals surface area contributed by atoms with Crippen molar-refractivity contribution < 1.29 is 18.7 Å². The maximum atomic E-state index is 14.1. The molecule has 0 saturated carbocycles. The lowest BCUT2D eigenvalue weighted by molar-refractivity contribution is -0.152. The fourth-order valence-corrected chi connectivity index (χ4v) is 5.43. The Balaban J connectivity index is 1.81. The van der Waals surface area contributed by atoms with Gasteiger partial charge in [0.25, 0.3) is 0 Å². The largest absolute Gasteiger partial charge is 0.465 e. The topological polar surface area (TPSA) is 70.4 Å². The number of anilines is 1. The summed E-state index contributed by atoms with van der Waals surface area (Å²) in [6, 6.07) is 22.7. The van der Waals surface area contributed by atoms with Crippen LogP contribution in [0.4, 0.5) is 10.1 Å². The van der Waals surface area contributed by atoms with E-state index in [0.717, 1.165) is 11.3 Å². The zero-order valence-electron chi connectivity index (χ0n) is 19.1. The zero-order valence-corrected chi connectivity index (χ0v) is 19.1. The van der Waals surface area contributed by atoms with Gasteiger partial charge in [0, 0.05) is 17.2 Å². The highest BCUT2D eigenvalue weighted by Crippen LogP contribution is 2.56. The van der Waals surface area contributed by atoms with Crippen LogP contribution in [0.2, 0.25) is 0 Å². The van der Waals surface area contributed by atoms with Crippen LogP contribution in [0.3, 0.4) is 0 Å². The smallest absolute Gasteiger partial charge is 0.329 e. The molecule has 2 aliphatic heterocycles. The van der Waals surface area contributed by atoms with Gasteiger partial charge in [0.05, 0.1) is 18.7 Å². The van der Waals surface area contributed by atoms with Crippen molar-refractivity contribution in [2.24, 2.45) is 5.41 Å². The minimum Gasteiger partial charge on any atom is -0.465 e. The van der Waals surface area contributed by atoms with Gasteiger partial charge in [-0.15, -0.1) is 0 Å². The van der Waals surface area contributed by atoms with E-state index in [0.29, 0.717) is 11.1 Å². The molecule has 1 fully saturated rings. The minimum atomic E-state index is -1.73. The maximum absolute atomic E-state index is 14.1. The van der Waals surface area contributed by atoms with Gasteiger partial charge in [0.15, 0.2) is 11.2 Å². The molecule has 0 bridgehead atoms. The van der Waals surface area contributed by atoms with E-state index in [1.54, 1.807) is 49.4 Å². The number of hydrogen-bond acceptors (Lipinski definition) is 5. The SMILES string of the molecule is CCOC(=O)[C@]1(C#N)[C@@H](c2ccc(F)cc2)[C@@H](C(=O)c2ccccc2)N2c3ccccc3C=C[C@@H]21. The van der Waals surface area contributed by atoms with Gasteiger partial charge in [0.2, 0.25) is 0 Å². The van der Waals surface area contributed by atoms with Gasteiger partial charge in [-0.25, -0.2) is 4.39 Å². The second kappa shape index (κ2) is 8.84. The van der Waals surface area contributed by atoms with E-state index in [4.69, 9.17) is 4.74 Å². The number of nitrogens with zero attached hydrogens (tertiary/aromatic N) is 2. The van der Waals surface area contributed by atoms with Gasteiger partial charge in [0.1, 0.15) is 11.9 Å². The Morgan fingerprint density at radius 3 is 2.40 bits per heavy atom. The van der Waals surface area contributed by atoms with E-state index >= 15 is 0 Å². The van der Waals surface area contributed by atoms with Crippen LogP contribution >= 0.6 is 0 Å². The lowest BCUT2D eigenvalue weighted by atomic mass is 9.68. The number of para-hydroxylation sites is 1. The number of halogens is 1. The number of benzene rings is 3. The molecule has 0 aliphatic carbocycles. The molecule has 3 aromatic rings. The van der Waals surface area contributed by atoms with Crippen LogP contribution < -0.4 is 4.90 Å². The van der Waals surface area contributed by atoms with E-state index in [-0.39, 0.29) is 12.4 Å². The third-order valence-corrected chi connectivity index (χ3v) is 6.90. The molecular weight excluding hydrogens is 443 g/mol. The molecule has 5 nitrogen and oxygen atoms in total. The van der Waals surface area contributed by atoms with Gasteiger partial charge in [-0.3, -0.25) is 9.59 Å². The molecule has 0 N–H and O–H groups in total. The zero-order chi connectivity index (χ0) is 24.6. The highest BCUT2D eigenvalue weighted by molar-refractivity contribution is 6.06. The summed E-state index contributed by atoms with van der Waals surface area (Å²) in [7, 11) is 0. The second-order valence-corrected chi connectivity index (χ2v) is 8.68. The third kappa shape index (κ3) is 3.43. The molecule has 1 saturated heterocycles. The number of carbonyl (C=O) groups is 2. The fourth-order valence-electron chi connectivity index (χ4n) is 5.43. The molecular formula is C29H23FN2O3. The van der Waals surface area contributed by atoms with Gasteiger partial charge in [-0.05, 0) is 36.2 Å². The van der Waals surface area contributed by atoms with Crippen LogP contribution in [0.1, 0.15) is 34.3 Å². The van der Waals surface area contributed by atoms with Crippen LogP contribution in [0.25, 0.3) is 6.08 Å². The maximum Gasteiger partial charge on any atom is 0.329 e. The summed E-state index contributed by atoms with van der Waals surface area (Å²) in [5.41, 5.74) is 0.893. The normalized spacial score (nSPS) is 24.3. The molecule has 2 aliphatic rings. The van der Waals surface area contributed by atoms with E-state index < -0.39 is 35.2 Å². The average Bonchev–Trinajstić information content (AvgIpc) is 3.21. The number of hydrogen-bond donors (Lipinski definition) is 0. The Labute approximate surface area is 203 Å². The number of esters is 1. The van der Waals surface area contributed by atoms with Crippen molar-refractivity contribution in [3.05, 3.63) is 107 Å². The average molecular weight is 467 g/mol. The molecule has 4 atom stereocenters. The van der Waals surface area contributed by atoms with Crippen LogP contribution in [0, 0.1) is 22.6 Å². The molecule has 0 amide bonds. The lowest BCUT2D eigenvalue weighted by Crippen LogP contribution is -2.47. The van der Waals surface area contributed by atoms with E-state index in [1.807, 2.05) is 41.3 Å². The van der Waals surface area contributed by atoms with Gasteiger partial charge in [-0.1, -0.05) is 72.8 Å². The number of ketones is 1. The quantitative estimate of drug-likeness (QED) is 0.384. The number of ether oxygens (including phenoxy) is 1. The first-order chi connectivity index (χ1) is 17.0. The Morgan fingerprint density at radius 2 is 1.71 bits per heavy atom. The monoisotopic (exact) mass is 466 g/mol. The van der Waals surface area contributed by atoms with Crippen LogP contribution in [0.15, 0.2) is 84.9 Å². The number of Topliss-reactive ketones (excluding diaryl/α,β-unsaturated/α-hetero) is 1. The Morgan fingerprint density at radius 1 is 1.03 bits per heavy atom. The van der Waals surface area contributed by atoms with Crippen LogP contribution in [-0.4, -0.2) is 30.4 Å². The van der Waals surface area contributed by atoms with Crippen molar-refractivity contribution in [3.8, 4) is 6.07 Å². The number of carbonyl (C=O) groups excluding carboxylic acids is 2. The summed E-state index contributed by atoms with van der Waals surface area (Å²) in [5, 5.41) is 10.7. The summed E-state index contributed by atoms with van der Waals surface area (Å²) in [4.78, 5) is 29.6. The summed E-state index contributed by atoms with van der Waals surface area (Å²) >= 11 is 0. The van der Waals surface area contributed by atoms with Crippen LogP contribution in [-0.2, 0) is 9.53 Å². The van der Waals surface area contributed by atoms with Crippen molar-refractivity contribution in [2.75, 3.05) is 11.5 Å². The minimum absolute atomic E-state index is 0.0860. The Hall–Kier alpha value is -4.24. The Bertz CT molecular complexity index is 1350. The number of nitriles is 1. The molecule has 3 aromatic carbocycles. The van der Waals surface area contributed by atoms with Crippen molar-refractivity contribution in [1.29, 1.82) is 5.26 Å². The Kier molecular flexibility index (Phi) is 5.70. The van der Waals surface area contributed by atoms with Crippen molar-refractivity contribution in [1.82, 2.24) is 0 Å². The highest BCUT2D eigenvalue weighted by atomic mass is 19.1. The second-order valence-electron chi connectivity index (χ2n) is 8.68. The summed E-state index contributed by atoms with van der Waals surface area (Å²) in [5.74, 6) is -2.27. The summed E-state index contributed by atoms with van der Waals surface area (Å²) in [6.07, 6.45) is 3.68. The van der Waals surface area contributed by atoms with E-state index in [1.165, 1.54) is 12.1 Å². The molecule has 6 heteroatoms. The van der Waals surface area contributed by atoms with Gasteiger partial charge < -0.3 is 9.64 Å². The number of rotatable bonds is 5. The predicted octanol–water partition coefficient (Wildman–Crippen LogP) is 5.15. The molecule has 0 radical (unpaired) electrons. The van der Waals surface area contributed by atoms with Crippen LogP contribution in [0.5, 0.6) is 0 Å². The fraction of sp³-hybridized carbons (Fsp3) is 0.207. The first kappa shape index (κ1) is 22.5. The number of fused-ring (bicyclic) bond motifs is 3. The summed E-state index contributed by atoms with van der Waals surface area (Å²) < 4.78 is 19.4. The third-order valence-electron chi connectivity index (χ3n) is 6.90. The summed E-state index contributed by atoms with van der Waals surface area (Å²) in [6.45, 7) is 1.77. The van der Waals surface area contributed by atoms with Gasteiger partial charge in [-0.2, -0.15) is 5.26 Å². The van der Waals surface area contributed by atoms with Gasteiger partial charge >= 0.3 is 5.97 Å². The molecule has 0 spiro atoms. The highest BCUT2D eigenvalue weighted by Gasteiger charge is 2.67. The predicted molar refractivity (Wildman–Crippen MR) is 130 cm³/mol. The van der Waals surface area contributed by atoms with E-state index in [9.17, 15) is 19.2 Å². The first-order valence-corrected chi connectivity index (χ1v) is 11.5. The molecule has 35 heavy (non-hydrogen) atoms. The van der Waals surface area contributed by atoms with Crippen molar-refractivity contribution in [2.45, 2.75) is 24.9 Å². The van der Waals surface area contributed by atoms with E-state index in [2.05, 4.69) is 6.07 Å². The molecule has 174 valence electrons.